The van der Waals surface area contributed by atoms with Crippen molar-refractivity contribution in [3.63, 3.8) is 0 Å². The molecular weight excluding hydrogens is 404 g/mol. The standard InChI is InChI=1S/C22H30N2O5S/c1-4-5-9-12-28-21(26)15(3)24-13-23-19-17(20(24)25)14(2)18(30-19)22(27)29-16-10-7-6-8-11-16/h13,15-16H,4-12H2,1-3H3. The minimum absolute atomic E-state index is 0.0528. The second-order valence-corrected chi connectivity index (χ2v) is 8.91. The van der Waals surface area contributed by atoms with Crippen molar-refractivity contribution in [2.75, 3.05) is 6.61 Å². The number of hydrogen-bond donors (Lipinski definition) is 0. The Balaban J connectivity index is 1.80. The summed E-state index contributed by atoms with van der Waals surface area (Å²) in [7, 11) is 0. The third kappa shape index (κ3) is 4.91. The lowest BCUT2D eigenvalue weighted by molar-refractivity contribution is -0.147. The molecule has 8 heteroatoms. The molecule has 1 aliphatic carbocycles. The van der Waals surface area contributed by atoms with Crippen LogP contribution in [0.2, 0.25) is 0 Å². The van der Waals surface area contributed by atoms with Gasteiger partial charge in [0.1, 0.15) is 21.9 Å². The van der Waals surface area contributed by atoms with Gasteiger partial charge in [0, 0.05) is 0 Å². The van der Waals surface area contributed by atoms with Gasteiger partial charge in [-0.1, -0.05) is 26.2 Å². The number of carbonyl (C=O) groups is 2. The first-order valence-electron chi connectivity index (χ1n) is 10.8. The molecule has 30 heavy (non-hydrogen) atoms. The topological polar surface area (TPSA) is 87.5 Å². The van der Waals surface area contributed by atoms with E-state index in [1.54, 1.807) is 13.8 Å². The molecule has 0 bridgehead atoms. The molecule has 0 amide bonds. The summed E-state index contributed by atoms with van der Waals surface area (Å²) in [5, 5.41) is 0.365. The van der Waals surface area contributed by atoms with Gasteiger partial charge in [0.15, 0.2) is 0 Å². The van der Waals surface area contributed by atoms with Crippen LogP contribution in [0.3, 0.4) is 0 Å². The minimum Gasteiger partial charge on any atom is -0.464 e. The summed E-state index contributed by atoms with van der Waals surface area (Å²) >= 11 is 1.17. The number of aryl methyl sites for hydroxylation is 1. The maximum absolute atomic E-state index is 13.1. The van der Waals surface area contributed by atoms with E-state index in [1.807, 2.05) is 0 Å². The molecule has 0 spiro atoms. The second kappa shape index (κ2) is 10.2. The molecule has 1 fully saturated rings. The smallest absolute Gasteiger partial charge is 0.348 e. The molecule has 7 nitrogen and oxygen atoms in total. The summed E-state index contributed by atoms with van der Waals surface area (Å²) < 4.78 is 12.2. The Hall–Kier alpha value is -2.22. The van der Waals surface area contributed by atoms with E-state index >= 15 is 0 Å². The minimum atomic E-state index is -0.784. The van der Waals surface area contributed by atoms with Gasteiger partial charge in [-0.2, -0.15) is 0 Å². The van der Waals surface area contributed by atoms with Crippen molar-refractivity contribution in [2.45, 2.75) is 84.3 Å². The number of fused-ring (bicyclic) bond motifs is 1. The van der Waals surface area contributed by atoms with Gasteiger partial charge >= 0.3 is 11.9 Å². The normalized spacial score (nSPS) is 15.8. The highest BCUT2D eigenvalue weighted by Gasteiger charge is 2.26. The largest absolute Gasteiger partial charge is 0.464 e. The molecule has 1 saturated carbocycles. The maximum atomic E-state index is 13.1. The Morgan fingerprint density at radius 2 is 2.00 bits per heavy atom. The summed E-state index contributed by atoms with van der Waals surface area (Å²) in [6, 6.07) is -0.784. The first kappa shape index (κ1) is 22.5. The van der Waals surface area contributed by atoms with Crippen molar-refractivity contribution in [3.05, 3.63) is 27.1 Å². The fourth-order valence-corrected chi connectivity index (χ4v) is 4.78. The van der Waals surface area contributed by atoms with Crippen molar-refractivity contribution in [1.82, 2.24) is 9.55 Å². The average Bonchev–Trinajstić information content (AvgIpc) is 3.09. The number of nitrogens with zero attached hydrogens (tertiary/aromatic N) is 2. The summed E-state index contributed by atoms with van der Waals surface area (Å²) in [6.45, 7) is 5.78. The van der Waals surface area contributed by atoms with E-state index in [9.17, 15) is 14.4 Å². The molecule has 2 aromatic rings. The Morgan fingerprint density at radius 1 is 1.27 bits per heavy atom. The highest BCUT2D eigenvalue weighted by atomic mass is 32.1. The number of rotatable bonds is 8. The molecule has 1 aliphatic rings. The Labute approximate surface area is 180 Å². The molecule has 1 unspecified atom stereocenters. The number of esters is 2. The first-order chi connectivity index (χ1) is 14.4. The van der Waals surface area contributed by atoms with Gasteiger partial charge in [-0.3, -0.25) is 9.36 Å². The van der Waals surface area contributed by atoms with Crippen LogP contribution >= 0.6 is 11.3 Å². The number of unbranched alkanes of at least 4 members (excludes halogenated alkanes) is 2. The third-order valence-electron chi connectivity index (χ3n) is 5.64. The van der Waals surface area contributed by atoms with Crippen LogP contribution in [0.25, 0.3) is 10.2 Å². The predicted molar refractivity (Wildman–Crippen MR) is 116 cm³/mol. The van der Waals surface area contributed by atoms with E-state index in [1.165, 1.54) is 28.7 Å². The molecule has 0 radical (unpaired) electrons. The molecule has 164 valence electrons. The molecule has 2 heterocycles. The summed E-state index contributed by atoms with van der Waals surface area (Å²) in [5.74, 6) is -0.851. The Morgan fingerprint density at radius 3 is 2.70 bits per heavy atom. The summed E-state index contributed by atoms with van der Waals surface area (Å²) in [5.41, 5.74) is 0.217. The number of hydrogen-bond acceptors (Lipinski definition) is 7. The van der Waals surface area contributed by atoms with Crippen molar-refractivity contribution in [1.29, 1.82) is 0 Å². The van der Waals surface area contributed by atoms with Gasteiger partial charge in [-0.15, -0.1) is 11.3 Å². The zero-order chi connectivity index (χ0) is 21.7. The van der Waals surface area contributed by atoms with E-state index in [-0.39, 0.29) is 11.7 Å². The van der Waals surface area contributed by atoms with Crippen LogP contribution in [-0.4, -0.2) is 34.2 Å². The van der Waals surface area contributed by atoms with Crippen LogP contribution in [0.5, 0.6) is 0 Å². The van der Waals surface area contributed by atoms with Gasteiger partial charge in [0.25, 0.3) is 5.56 Å². The lowest BCUT2D eigenvalue weighted by Crippen LogP contribution is -2.29. The van der Waals surface area contributed by atoms with Crippen molar-refractivity contribution in [3.8, 4) is 0 Å². The lowest BCUT2D eigenvalue weighted by atomic mass is 9.98. The molecule has 2 aromatic heterocycles. The van der Waals surface area contributed by atoms with Crippen LogP contribution in [0.4, 0.5) is 0 Å². The molecule has 1 atom stereocenters. The summed E-state index contributed by atoms with van der Waals surface area (Å²) in [6.07, 6.45) is 9.23. The molecule has 0 N–H and O–H groups in total. The van der Waals surface area contributed by atoms with E-state index in [2.05, 4.69) is 11.9 Å². The Kier molecular flexibility index (Phi) is 7.64. The van der Waals surface area contributed by atoms with Gasteiger partial charge in [0.05, 0.1) is 18.3 Å². The van der Waals surface area contributed by atoms with E-state index in [4.69, 9.17) is 9.47 Å². The SMILES string of the molecule is CCCCCOC(=O)C(C)n1cnc2sc(C(=O)OC3CCCCC3)c(C)c2c1=O. The van der Waals surface area contributed by atoms with Gasteiger partial charge in [0.2, 0.25) is 0 Å². The van der Waals surface area contributed by atoms with Crippen LogP contribution < -0.4 is 5.56 Å². The van der Waals surface area contributed by atoms with Gasteiger partial charge in [-0.05, 0) is 51.5 Å². The van der Waals surface area contributed by atoms with E-state index in [0.717, 1.165) is 44.9 Å². The van der Waals surface area contributed by atoms with Gasteiger partial charge < -0.3 is 9.47 Å². The summed E-state index contributed by atoms with van der Waals surface area (Å²) in [4.78, 5) is 43.3. The van der Waals surface area contributed by atoms with Crippen molar-refractivity contribution >= 4 is 33.5 Å². The molecular formula is C22H30N2O5S. The fraction of sp³-hybridized carbons (Fsp3) is 0.636. The third-order valence-corrected chi connectivity index (χ3v) is 6.82. The molecule has 0 saturated heterocycles. The first-order valence-corrected chi connectivity index (χ1v) is 11.6. The van der Waals surface area contributed by atoms with Crippen molar-refractivity contribution in [2.24, 2.45) is 0 Å². The average molecular weight is 435 g/mol. The van der Waals surface area contributed by atoms with Crippen LogP contribution in [0.15, 0.2) is 11.1 Å². The number of aromatic nitrogens is 2. The Bertz CT molecular complexity index is 958. The van der Waals surface area contributed by atoms with Gasteiger partial charge in [-0.25, -0.2) is 14.6 Å². The zero-order valence-corrected chi connectivity index (χ0v) is 18.8. The van der Waals surface area contributed by atoms with E-state index in [0.29, 0.717) is 27.3 Å². The van der Waals surface area contributed by atoms with Crippen LogP contribution in [0, 0.1) is 6.92 Å². The van der Waals surface area contributed by atoms with Crippen LogP contribution in [-0.2, 0) is 14.3 Å². The predicted octanol–water partition coefficient (Wildman–Crippen LogP) is 4.55. The number of ether oxygens (including phenoxy) is 2. The number of thiophene rings is 1. The monoisotopic (exact) mass is 434 g/mol. The van der Waals surface area contributed by atoms with E-state index < -0.39 is 18.0 Å². The zero-order valence-electron chi connectivity index (χ0n) is 17.9. The quantitative estimate of drug-likeness (QED) is 0.447. The highest BCUT2D eigenvalue weighted by Crippen LogP contribution is 2.29. The molecule has 0 aliphatic heterocycles. The van der Waals surface area contributed by atoms with Crippen molar-refractivity contribution < 1.29 is 19.1 Å². The lowest BCUT2D eigenvalue weighted by Gasteiger charge is -2.21. The second-order valence-electron chi connectivity index (χ2n) is 7.91. The fourth-order valence-electron chi connectivity index (χ4n) is 3.75. The molecule has 0 aromatic carbocycles. The number of carbonyl (C=O) groups excluding carboxylic acids is 2. The maximum Gasteiger partial charge on any atom is 0.348 e. The molecule has 3 rings (SSSR count). The van der Waals surface area contributed by atoms with Crippen LogP contribution in [0.1, 0.15) is 86.5 Å². The highest BCUT2D eigenvalue weighted by molar-refractivity contribution is 7.20.